The molecule has 9 heteroatoms. The average Bonchev–Trinajstić information content (AvgIpc) is 3.10. The molecule has 32 heavy (non-hydrogen) atoms. The van der Waals surface area contributed by atoms with E-state index in [1.54, 1.807) is 12.1 Å². The minimum Gasteiger partial charge on any atom is -0.486 e. The first-order chi connectivity index (χ1) is 15.1. The smallest absolute Gasteiger partial charge is 0.230 e. The highest BCUT2D eigenvalue weighted by atomic mass is 32.2. The lowest BCUT2D eigenvalue weighted by molar-refractivity contribution is -0.119. The number of nitrogen functional groups attached to an aromatic ring is 1. The number of amides is 1. The van der Waals surface area contributed by atoms with Crippen LogP contribution in [0.1, 0.15) is 50.7 Å². The van der Waals surface area contributed by atoms with E-state index in [-0.39, 0.29) is 35.5 Å². The number of benzene rings is 2. The molecule has 0 fully saturated rings. The number of nitrogens with one attached hydrogen (secondary N) is 1. The van der Waals surface area contributed by atoms with Crippen molar-refractivity contribution in [2.45, 2.75) is 50.9 Å². The molecule has 1 aromatic heterocycles. The summed E-state index contributed by atoms with van der Waals surface area (Å²) in [5, 5.41) is 11.4. The van der Waals surface area contributed by atoms with Crippen LogP contribution in [0.4, 0.5) is 4.39 Å². The summed E-state index contributed by atoms with van der Waals surface area (Å²) >= 11 is 1.18. The van der Waals surface area contributed by atoms with E-state index in [1.807, 2.05) is 31.2 Å². The molecule has 3 N–H and O–H groups in total. The van der Waals surface area contributed by atoms with Gasteiger partial charge in [0, 0.05) is 0 Å². The molecule has 3 aromatic rings. The molecule has 0 saturated heterocycles. The predicted octanol–water partition coefficient (Wildman–Crippen LogP) is 3.98. The molecule has 7 nitrogen and oxygen atoms in total. The maximum Gasteiger partial charge on any atom is 0.230 e. The van der Waals surface area contributed by atoms with Gasteiger partial charge in [-0.15, -0.1) is 10.2 Å². The number of rotatable bonds is 8. The second-order valence-electron chi connectivity index (χ2n) is 8.46. The van der Waals surface area contributed by atoms with Crippen molar-refractivity contribution in [3.8, 4) is 5.75 Å². The Hall–Kier alpha value is -3.07. The molecular weight excluding hydrogens is 429 g/mol. The SMILES string of the molecule is CC(NC(=O)CSc1nnc(COc2ccc(C(C)(C)C)cc2)n1N)c1ccc(F)cc1. The lowest BCUT2D eigenvalue weighted by atomic mass is 9.87. The van der Waals surface area contributed by atoms with Crippen molar-refractivity contribution in [1.29, 1.82) is 0 Å². The van der Waals surface area contributed by atoms with Crippen LogP contribution in [-0.4, -0.2) is 26.5 Å². The number of ether oxygens (including phenoxy) is 1. The molecule has 0 aliphatic carbocycles. The van der Waals surface area contributed by atoms with Gasteiger partial charge in [-0.2, -0.15) is 0 Å². The summed E-state index contributed by atoms with van der Waals surface area (Å²) in [5.74, 6) is 6.85. The van der Waals surface area contributed by atoms with Crippen LogP contribution in [0.3, 0.4) is 0 Å². The highest BCUT2D eigenvalue weighted by Crippen LogP contribution is 2.24. The van der Waals surface area contributed by atoms with E-state index in [0.29, 0.717) is 16.7 Å². The van der Waals surface area contributed by atoms with Gasteiger partial charge < -0.3 is 15.9 Å². The van der Waals surface area contributed by atoms with Gasteiger partial charge in [-0.3, -0.25) is 4.79 Å². The normalized spacial score (nSPS) is 12.4. The fourth-order valence-electron chi connectivity index (χ4n) is 2.95. The van der Waals surface area contributed by atoms with Crippen LogP contribution in [0.2, 0.25) is 0 Å². The van der Waals surface area contributed by atoms with E-state index in [0.717, 1.165) is 5.56 Å². The van der Waals surface area contributed by atoms with Crippen LogP contribution in [-0.2, 0) is 16.8 Å². The number of hydrogen-bond acceptors (Lipinski definition) is 6. The largest absolute Gasteiger partial charge is 0.486 e. The van der Waals surface area contributed by atoms with E-state index in [9.17, 15) is 9.18 Å². The van der Waals surface area contributed by atoms with E-state index in [1.165, 1.54) is 34.1 Å². The zero-order valence-electron chi connectivity index (χ0n) is 18.6. The molecule has 1 heterocycles. The van der Waals surface area contributed by atoms with Crippen LogP contribution in [0, 0.1) is 5.82 Å². The van der Waals surface area contributed by atoms with Crippen molar-refractivity contribution < 1.29 is 13.9 Å². The van der Waals surface area contributed by atoms with Gasteiger partial charge >= 0.3 is 0 Å². The quantitative estimate of drug-likeness (QED) is 0.393. The molecule has 0 spiro atoms. The first-order valence-corrected chi connectivity index (χ1v) is 11.2. The molecule has 1 unspecified atom stereocenters. The fourth-order valence-corrected chi connectivity index (χ4v) is 3.64. The summed E-state index contributed by atoms with van der Waals surface area (Å²) in [6, 6.07) is 13.7. The monoisotopic (exact) mass is 457 g/mol. The maximum absolute atomic E-state index is 13.0. The van der Waals surface area contributed by atoms with Crippen LogP contribution < -0.4 is 15.9 Å². The summed E-state index contributed by atoms with van der Waals surface area (Å²) in [7, 11) is 0. The third-order valence-electron chi connectivity index (χ3n) is 4.90. The Morgan fingerprint density at radius 3 is 2.44 bits per heavy atom. The highest BCUT2D eigenvalue weighted by Gasteiger charge is 2.16. The molecule has 1 atom stereocenters. The van der Waals surface area contributed by atoms with Crippen LogP contribution in [0.15, 0.2) is 53.7 Å². The minimum absolute atomic E-state index is 0.0746. The van der Waals surface area contributed by atoms with E-state index in [2.05, 4.69) is 36.3 Å². The van der Waals surface area contributed by atoms with Gasteiger partial charge in [0.05, 0.1) is 11.8 Å². The molecule has 0 aliphatic rings. The number of nitrogens with zero attached hydrogens (tertiary/aromatic N) is 3. The Labute approximate surface area is 191 Å². The second-order valence-corrected chi connectivity index (χ2v) is 9.40. The van der Waals surface area contributed by atoms with Crippen molar-refractivity contribution >= 4 is 17.7 Å². The van der Waals surface area contributed by atoms with Crippen molar-refractivity contribution in [3.05, 3.63) is 71.3 Å². The third-order valence-corrected chi connectivity index (χ3v) is 5.85. The van der Waals surface area contributed by atoms with Crippen molar-refractivity contribution in [3.63, 3.8) is 0 Å². The van der Waals surface area contributed by atoms with Crippen molar-refractivity contribution in [2.75, 3.05) is 11.6 Å². The van der Waals surface area contributed by atoms with E-state index >= 15 is 0 Å². The lowest BCUT2D eigenvalue weighted by Gasteiger charge is -2.19. The lowest BCUT2D eigenvalue weighted by Crippen LogP contribution is -2.28. The van der Waals surface area contributed by atoms with Gasteiger partial charge in [0.2, 0.25) is 11.1 Å². The first kappa shape index (κ1) is 23.6. The molecule has 2 aromatic carbocycles. The van der Waals surface area contributed by atoms with Gasteiger partial charge in [0.25, 0.3) is 0 Å². The Balaban J connectivity index is 1.50. The van der Waals surface area contributed by atoms with Gasteiger partial charge in [-0.1, -0.05) is 56.8 Å². The first-order valence-electron chi connectivity index (χ1n) is 10.2. The van der Waals surface area contributed by atoms with Crippen molar-refractivity contribution in [2.24, 2.45) is 0 Å². The molecule has 3 rings (SSSR count). The number of halogens is 1. The Kier molecular flexibility index (Phi) is 7.40. The number of hydrogen-bond donors (Lipinski definition) is 2. The summed E-state index contributed by atoms with van der Waals surface area (Å²) in [5.41, 5.74) is 2.12. The van der Waals surface area contributed by atoms with Crippen LogP contribution >= 0.6 is 11.8 Å². The van der Waals surface area contributed by atoms with Gasteiger partial charge in [0.15, 0.2) is 5.82 Å². The Morgan fingerprint density at radius 2 is 1.81 bits per heavy atom. The highest BCUT2D eigenvalue weighted by molar-refractivity contribution is 7.99. The maximum atomic E-state index is 13.0. The molecule has 0 aliphatic heterocycles. The van der Waals surface area contributed by atoms with E-state index in [4.69, 9.17) is 10.6 Å². The number of carbonyl (C=O) groups is 1. The topological polar surface area (TPSA) is 95.1 Å². The molecule has 0 bridgehead atoms. The second kappa shape index (κ2) is 10.0. The van der Waals surface area contributed by atoms with Gasteiger partial charge in [-0.05, 0) is 47.7 Å². The Morgan fingerprint density at radius 1 is 1.16 bits per heavy atom. The number of nitrogens with two attached hydrogens (primary N) is 1. The number of aromatic nitrogens is 3. The van der Waals surface area contributed by atoms with Crippen molar-refractivity contribution in [1.82, 2.24) is 20.2 Å². The Bertz CT molecular complexity index is 1050. The van der Waals surface area contributed by atoms with Crippen LogP contribution in [0.25, 0.3) is 0 Å². The molecule has 1 amide bonds. The average molecular weight is 458 g/mol. The fraction of sp³-hybridized carbons (Fsp3) is 0.348. The molecule has 0 saturated carbocycles. The van der Waals surface area contributed by atoms with Crippen LogP contribution in [0.5, 0.6) is 5.75 Å². The van der Waals surface area contributed by atoms with E-state index < -0.39 is 0 Å². The summed E-state index contributed by atoms with van der Waals surface area (Å²) in [6.45, 7) is 8.46. The summed E-state index contributed by atoms with van der Waals surface area (Å²) in [6.07, 6.45) is 0. The standard InChI is InChI=1S/C23H28FN5O2S/c1-15(16-5-9-18(24)10-6-16)26-21(30)14-32-22-28-27-20(29(22)25)13-31-19-11-7-17(8-12-19)23(2,3)4/h5-12,15H,13-14,25H2,1-4H3,(H,26,30). The van der Waals surface area contributed by atoms with Gasteiger partial charge in [-0.25, -0.2) is 9.07 Å². The third kappa shape index (κ3) is 6.23. The number of carbonyl (C=O) groups excluding carboxylic acids is 1. The summed E-state index contributed by atoms with van der Waals surface area (Å²) < 4.78 is 20.1. The van der Waals surface area contributed by atoms with Gasteiger partial charge in [0.1, 0.15) is 18.2 Å². The predicted molar refractivity (Wildman–Crippen MR) is 123 cm³/mol. The minimum atomic E-state index is -0.313. The summed E-state index contributed by atoms with van der Waals surface area (Å²) in [4.78, 5) is 12.3. The molecular formula is C23H28FN5O2S. The molecule has 170 valence electrons. The molecule has 0 radical (unpaired) electrons. The zero-order chi connectivity index (χ0) is 23.3. The number of thioether (sulfide) groups is 1. The zero-order valence-corrected chi connectivity index (χ0v) is 19.4.